The lowest BCUT2D eigenvalue weighted by molar-refractivity contribution is -0.113. The molecule has 0 radical (unpaired) electrons. The van der Waals surface area contributed by atoms with Crippen LogP contribution in [0.15, 0.2) is 24.3 Å². The van der Waals surface area contributed by atoms with Gasteiger partial charge in [0.1, 0.15) is 5.82 Å². The summed E-state index contributed by atoms with van der Waals surface area (Å²) in [5.74, 6) is -0.851. The van der Waals surface area contributed by atoms with Crippen LogP contribution in [0.4, 0.5) is 10.1 Å². The van der Waals surface area contributed by atoms with E-state index >= 15 is 0 Å². The van der Waals surface area contributed by atoms with E-state index in [1.165, 1.54) is 18.2 Å². The SMILES string of the molecule is NC(=O)/C=C/c1cccc(F)c1N1CCOCC1. The van der Waals surface area contributed by atoms with Gasteiger partial charge in [0.05, 0.1) is 18.9 Å². The first-order valence-corrected chi connectivity index (χ1v) is 5.77. The Kier molecular flexibility index (Phi) is 3.94. The second-order valence-electron chi connectivity index (χ2n) is 4.01. The number of rotatable bonds is 3. The molecule has 2 N–H and O–H groups in total. The number of hydrogen-bond donors (Lipinski definition) is 1. The third kappa shape index (κ3) is 2.87. The van der Waals surface area contributed by atoms with Crippen molar-refractivity contribution in [1.29, 1.82) is 0 Å². The minimum Gasteiger partial charge on any atom is -0.378 e. The highest BCUT2D eigenvalue weighted by Gasteiger charge is 2.17. The van der Waals surface area contributed by atoms with E-state index in [9.17, 15) is 9.18 Å². The molecule has 0 aromatic heterocycles. The number of para-hydroxylation sites is 1. The van der Waals surface area contributed by atoms with E-state index in [0.717, 1.165) is 0 Å². The predicted octanol–water partition coefficient (Wildman–Crippen LogP) is 1.16. The summed E-state index contributed by atoms with van der Waals surface area (Å²) < 4.78 is 19.2. The smallest absolute Gasteiger partial charge is 0.241 e. The summed E-state index contributed by atoms with van der Waals surface area (Å²) in [5.41, 5.74) is 6.20. The van der Waals surface area contributed by atoms with Crippen LogP contribution in [0, 0.1) is 5.82 Å². The van der Waals surface area contributed by atoms with E-state index in [-0.39, 0.29) is 5.82 Å². The maximum absolute atomic E-state index is 13.9. The molecule has 5 heteroatoms. The number of amides is 1. The van der Waals surface area contributed by atoms with Crippen molar-refractivity contribution in [2.24, 2.45) is 5.73 Å². The van der Waals surface area contributed by atoms with Gasteiger partial charge < -0.3 is 15.4 Å². The largest absolute Gasteiger partial charge is 0.378 e. The lowest BCUT2D eigenvalue weighted by atomic mass is 10.1. The Morgan fingerprint density at radius 1 is 1.39 bits per heavy atom. The van der Waals surface area contributed by atoms with E-state index in [1.807, 2.05) is 4.90 Å². The fourth-order valence-electron chi connectivity index (χ4n) is 1.96. The van der Waals surface area contributed by atoms with Crippen molar-refractivity contribution in [3.8, 4) is 0 Å². The molecule has 1 aromatic rings. The lowest BCUT2D eigenvalue weighted by Gasteiger charge is -2.30. The molecule has 96 valence electrons. The molecule has 1 aliphatic heterocycles. The summed E-state index contributed by atoms with van der Waals surface area (Å²) in [6.45, 7) is 2.43. The van der Waals surface area contributed by atoms with Gasteiger partial charge in [0, 0.05) is 24.7 Å². The number of primary amides is 1. The summed E-state index contributed by atoms with van der Waals surface area (Å²) in [6.07, 6.45) is 2.77. The van der Waals surface area contributed by atoms with Gasteiger partial charge in [-0.15, -0.1) is 0 Å². The van der Waals surface area contributed by atoms with E-state index in [4.69, 9.17) is 10.5 Å². The third-order valence-electron chi connectivity index (χ3n) is 2.77. The highest BCUT2D eigenvalue weighted by atomic mass is 19.1. The molecule has 1 aromatic carbocycles. The van der Waals surface area contributed by atoms with Crippen molar-refractivity contribution in [3.63, 3.8) is 0 Å². The quantitative estimate of drug-likeness (QED) is 0.819. The molecular formula is C13H15FN2O2. The number of hydrogen-bond acceptors (Lipinski definition) is 3. The summed E-state index contributed by atoms with van der Waals surface area (Å²) >= 11 is 0. The van der Waals surface area contributed by atoms with Crippen molar-refractivity contribution in [2.45, 2.75) is 0 Å². The number of ether oxygens (including phenoxy) is 1. The summed E-state index contributed by atoms with van der Waals surface area (Å²) in [6, 6.07) is 4.78. The molecule has 18 heavy (non-hydrogen) atoms. The molecule has 1 amide bonds. The van der Waals surface area contributed by atoms with Crippen LogP contribution in [0.3, 0.4) is 0 Å². The lowest BCUT2D eigenvalue weighted by Crippen LogP contribution is -2.37. The number of carbonyl (C=O) groups is 1. The predicted molar refractivity (Wildman–Crippen MR) is 67.7 cm³/mol. The molecule has 2 rings (SSSR count). The Bertz CT molecular complexity index is 468. The molecular weight excluding hydrogens is 235 g/mol. The topological polar surface area (TPSA) is 55.6 Å². The number of morpholine rings is 1. The minimum absolute atomic E-state index is 0.302. The van der Waals surface area contributed by atoms with E-state index in [0.29, 0.717) is 37.6 Å². The second-order valence-corrected chi connectivity index (χ2v) is 4.01. The first-order valence-electron chi connectivity index (χ1n) is 5.77. The highest BCUT2D eigenvalue weighted by Crippen LogP contribution is 2.26. The number of benzene rings is 1. The number of nitrogens with zero attached hydrogens (tertiary/aromatic N) is 1. The Balaban J connectivity index is 2.34. The van der Waals surface area contributed by atoms with Crippen LogP contribution in [0.5, 0.6) is 0 Å². The van der Waals surface area contributed by atoms with Gasteiger partial charge in [-0.1, -0.05) is 12.1 Å². The molecule has 0 spiro atoms. The first-order chi connectivity index (χ1) is 8.68. The normalized spacial score (nSPS) is 16.2. The summed E-state index contributed by atoms with van der Waals surface area (Å²) in [4.78, 5) is 12.7. The van der Waals surface area contributed by atoms with Crippen LogP contribution < -0.4 is 10.6 Å². The zero-order valence-corrected chi connectivity index (χ0v) is 9.93. The van der Waals surface area contributed by atoms with E-state index in [1.54, 1.807) is 12.1 Å². The van der Waals surface area contributed by atoms with Crippen LogP contribution in [-0.4, -0.2) is 32.2 Å². The Morgan fingerprint density at radius 3 is 2.78 bits per heavy atom. The standard InChI is InChI=1S/C13H15FN2O2/c14-11-3-1-2-10(4-5-12(15)17)13(11)16-6-8-18-9-7-16/h1-5H,6-9H2,(H2,15,17)/b5-4+. The Hall–Kier alpha value is -1.88. The van der Waals surface area contributed by atoms with Crippen molar-refractivity contribution in [2.75, 3.05) is 31.2 Å². The summed E-state index contributed by atoms with van der Waals surface area (Å²) in [5, 5.41) is 0. The fourth-order valence-corrected chi connectivity index (χ4v) is 1.96. The van der Waals surface area contributed by atoms with Gasteiger partial charge in [0.25, 0.3) is 0 Å². The summed E-state index contributed by atoms with van der Waals surface area (Å²) in [7, 11) is 0. The molecule has 1 heterocycles. The molecule has 0 bridgehead atoms. The Labute approximate surface area is 105 Å². The third-order valence-corrected chi connectivity index (χ3v) is 2.77. The van der Waals surface area contributed by atoms with E-state index < -0.39 is 5.91 Å². The first kappa shape index (κ1) is 12.6. The zero-order valence-electron chi connectivity index (χ0n) is 9.93. The van der Waals surface area contributed by atoms with Gasteiger partial charge >= 0.3 is 0 Å². The second kappa shape index (κ2) is 5.64. The van der Waals surface area contributed by atoms with Gasteiger partial charge in [-0.3, -0.25) is 4.79 Å². The van der Waals surface area contributed by atoms with Crippen LogP contribution >= 0.6 is 0 Å². The maximum atomic E-state index is 13.9. The van der Waals surface area contributed by atoms with Crippen molar-refractivity contribution >= 4 is 17.7 Å². The van der Waals surface area contributed by atoms with Gasteiger partial charge in [-0.2, -0.15) is 0 Å². The molecule has 0 unspecified atom stereocenters. The molecule has 0 aliphatic carbocycles. The number of carbonyl (C=O) groups excluding carboxylic acids is 1. The molecule has 1 saturated heterocycles. The molecule has 0 saturated carbocycles. The van der Waals surface area contributed by atoms with Crippen molar-refractivity contribution in [3.05, 3.63) is 35.7 Å². The van der Waals surface area contributed by atoms with Crippen LogP contribution in [-0.2, 0) is 9.53 Å². The number of halogens is 1. The average Bonchev–Trinajstić information content (AvgIpc) is 2.37. The van der Waals surface area contributed by atoms with E-state index in [2.05, 4.69) is 0 Å². The molecule has 1 fully saturated rings. The fraction of sp³-hybridized carbons (Fsp3) is 0.308. The van der Waals surface area contributed by atoms with Gasteiger partial charge in [0.15, 0.2) is 0 Å². The van der Waals surface area contributed by atoms with Crippen LogP contribution in [0.25, 0.3) is 6.08 Å². The minimum atomic E-state index is -0.549. The van der Waals surface area contributed by atoms with Crippen molar-refractivity contribution in [1.82, 2.24) is 0 Å². The van der Waals surface area contributed by atoms with Crippen molar-refractivity contribution < 1.29 is 13.9 Å². The molecule has 1 aliphatic rings. The van der Waals surface area contributed by atoms with Gasteiger partial charge in [-0.05, 0) is 12.1 Å². The van der Waals surface area contributed by atoms with Crippen LogP contribution in [0.2, 0.25) is 0 Å². The highest BCUT2D eigenvalue weighted by molar-refractivity contribution is 5.91. The van der Waals surface area contributed by atoms with Gasteiger partial charge in [0.2, 0.25) is 5.91 Å². The van der Waals surface area contributed by atoms with Crippen LogP contribution in [0.1, 0.15) is 5.56 Å². The molecule has 4 nitrogen and oxygen atoms in total. The monoisotopic (exact) mass is 250 g/mol. The number of nitrogens with two attached hydrogens (primary N) is 1. The average molecular weight is 250 g/mol. The number of anilines is 1. The Morgan fingerprint density at radius 2 is 2.11 bits per heavy atom. The maximum Gasteiger partial charge on any atom is 0.241 e. The zero-order chi connectivity index (χ0) is 13.0. The molecule has 0 atom stereocenters. The van der Waals surface area contributed by atoms with Gasteiger partial charge in [-0.25, -0.2) is 4.39 Å².